The maximum atomic E-state index is 12.8. The van der Waals surface area contributed by atoms with Gasteiger partial charge in [-0.1, -0.05) is 23.7 Å². The van der Waals surface area contributed by atoms with Gasteiger partial charge in [0.1, 0.15) is 18.2 Å². The molecule has 120 valence electrons. The summed E-state index contributed by atoms with van der Waals surface area (Å²) in [6.45, 7) is 0.768. The molecule has 2 aromatic rings. The monoisotopic (exact) mass is 333 g/mol. The fourth-order valence-electron chi connectivity index (χ4n) is 1.81. The molecule has 0 unspecified atom stereocenters. The molecule has 0 saturated carbocycles. The van der Waals surface area contributed by atoms with Gasteiger partial charge in [-0.25, -0.2) is 4.39 Å². The van der Waals surface area contributed by atoms with E-state index >= 15 is 0 Å². The third-order valence-electron chi connectivity index (χ3n) is 3.17. The van der Waals surface area contributed by atoms with Crippen molar-refractivity contribution in [2.45, 2.75) is 0 Å². The first kappa shape index (κ1) is 17.0. The van der Waals surface area contributed by atoms with Crippen LogP contribution in [-0.4, -0.2) is 31.0 Å². The van der Waals surface area contributed by atoms with Crippen molar-refractivity contribution < 1.29 is 13.9 Å². The summed E-state index contributed by atoms with van der Waals surface area (Å²) >= 11 is 5.81. The fraction of sp³-hybridized carbons (Fsp3) is 0.167. The quantitative estimate of drug-likeness (QED) is 0.747. The Morgan fingerprint density at radius 2 is 1.83 bits per heavy atom. The number of ether oxygens (including phenoxy) is 1. The van der Waals surface area contributed by atoms with E-state index in [2.05, 4.69) is 0 Å². The summed E-state index contributed by atoms with van der Waals surface area (Å²) in [5.74, 6) is 0.142. The van der Waals surface area contributed by atoms with Gasteiger partial charge in [0.25, 0.3) is 0 Å². The molecule has 0 fully saturated rings. The summed E-state index contributed by atoms with van der Waals surface area (Å²) in [5, 5.41) is 0.656. The number of nitrogens with zero attached hydrogens (tertiary/aromatic N) is 1. The molecule has 0 aromatic heterocycles. The molecule has 0 N–H and O–H groups in total. The van der Waals surface area contributed by atoms with Gasteiger partial charge in [0.05, 0.1) is 6.54 Å². The van der Waals surface area contributed by atoms with Crippen molar-refractivity contribution in [2.75, 3.05) is 20.2 Å². The Balaban J connectivity index is 1.78. The van der Waals surface area contributed by atoms with Crippen LogP contribution in [0.2, 0.25) is 5.02 Å². The molecule has 2 rings (SSSR count). The maximum absolute atomic E-state index is 12.8. The van der Waals surface area contributed by atoms with E-state index in [9.17, 15) is 9.18 Å². The summed E-state index contributed by atoms with van der Waals surface area (Å²) in [6.07, 6.45) is 3.23. The van der Waals surface area contributed by atoms with E-state index in [0.29, 0.717) is 23.9 Å². The molecule has 0 heterocycles. The molecule has 0 atom stereocenters. The lowest BCUT2D eigenvalue weighted by atomic mass is 10.2. The molecule has 0 aliphatic heterocycles. The first-order valence-corrected chi connectivity index (χ1v) is 7.49. The number of carbonyl (C=O) groups is 1. The van der Waals surface area contributed by atoms with Gasteiger partial charge < -0.3 is 9.64 Å². The predicted molar refractivity (Wildman–Crippen MR) is 90.0 cm³/mol. The zero-order chi connectivity index (χ0) is 16.7. The van der Waals surface area contributed by atoms with Crippen LogP contribution in [0.4, 0.5) is 4.39 Å². The van der Waals surface area contributed by atoms with E-state index in [1.165, 1.54) is 18.2 Å². The van der Waals surface area contributed by atoms with Crippen LogP contribution in [0.3, 0.4) is 0 Å². The summed E-state index contributed by atoms with van der Waals surface area (Å²) < 4.78 is 18.2. The van der Waals surface area contributed by atoms with Crippen molar-refractivity contribution in [1.29, 1.82) is 0 Å². The van der Waals surface area contributed by atoms with Gasteiger partial charge in [-0.2, -0.15) is 0 Å². The number of carbonyl (C=O) groups excluding carboxylic acids is 1. The highest BCUT2D eigenvalue weighted by Crippen LogP contribution is 2.12. The van der Waals surface area contributed by atoms with Crippen LogP contribution in [0.5, 0.6) is 5.75 Å². The number of rotatable bonds is 6. The minimum absolute atomic E-state index is 0.123. The third kappa shape index (κ3) is 5.75. The van der Waals surface area contributed by atoms with Gasteiger partial charge in [0.15, 0.2) is 0 Å². The molecule has 0 spiro atoms. The smallest absolute Gasteiger partial charge is 0.246 e. The van der Waals surface area contributed by atoms with Crippen molar-refractivity contribution >= 4 is 23.6 Å². The van der Waals surface area contributed by atoms with Crippen LogP contribution in [0.1, 0.15) is 5.56 Å². The fourth-order valence-corrected chi connectivity index (χ4v) is 1.94. The summed E-state index contributed by atoms with van der Waals surface area (Å²) in [4.78, 5) is 13.5. The van der Waals surface area contributed by atoms with Crippen LogP contribution < -0.4 is 4.74 Å². The zero-order valence-corrected chi connectivity index (χ0v) is 13.5. The van der Waals surface area contributed by atoms with Crippen LogP contribution in [0, 0.1) is 5.82 Å². The number of hydrogen-bond donors (Lipinski definition) is 0. The Kier molecular flexibility index (Phi) is 6.18. The van der Waals surface area contributed by atoms with E-state index < -0.39 is 0 Å². The Bertz CT molecular complexity index is 668. The molecule has 1 amide bonds. The molecule has 5 heteroatoms. The minimum atomic E-state index is -0.308. The van der Waals surface area contributed by atoms with Gasteiger partial charge in [0, 0.05) is 18.1 Å². The third-order valence-corrected chi connectivity index (χ3v) is 3.43. The lowest BCUT2D eigenvalue weighted by Gasteiger charge is -2.15. The summed E-state index contributed by atoms with van der Waals surface area (Å²) in [6, 6.07) is 13.0. The lowest BCUT2D eigenvalue weighted by Crippen LogP contribution is -2.29. The van der Waals surface area contributed by atoms with E-state index in [1.54, 1.807) is 42.3 Å². The average Bonchev–Trinajstić information content (AvgIpc) is 2.55. The maximum Gasteiger partial charge on any atom is 0.246 e. The Labute approximate surface area is 139 Å². The van der Waals surface area contributed by atoms with Gasteiger partial charge in [-0.3, -0.25) is 4.79 Å². The number of hydrogen-bond acceptors (Lipinski definition) is 2. The van der Waals surface area contributed by atoms with Gasteiger partial charge in [-0.05, 0) is 48.0 Å². The lowest BCUT2D eigenvalue weighted by molar-refractivity contribution is -0.125. The molecule has 0 aliphatic carbocycles. The van der Waals surface area contributed by atoms with E-state index in [4.69, 9.17) is 16.3 Å². The predicted octanol–water partition coefficient (Wildman–Crippen LogP) is 4.03. The normalized spacial score (nSPS) is 10.7. The van der Waals surface area contributed by atoms with Crippen molar-refractivity contribution in [1.82, 2.24) is 4.90 Å². The van der Waals surface area contributed by atoms with Gasteiger partial charge in [-0.15, -0.1) is 0 Å². The van der Waals surface area contributed by atoms with Crippen molar-refractivity contribution in [3.8, 4) is 5.75 Å². The average molecular weight is 334 g/mol. The largest absolute Gasteiger partial charge is 0.492 e. The number of benzene rings is 2. The Morgan fingerprint density at radius 3 is 2.48 bits per heavy atom. The van der Waals surface area contributed by atoms with Crippen molar-refractivity contribution in [3.63, 3.8) is 0 Å². The standard InChI is InChI=1S/C18H17ClFNO2/c1-21(12-13-23-17-9-7-16(20)8-10-17)18(22)11-4-14-2-5-15(19)6-3-14/h2-11H,12-13H2,1H3/b11-4+. The molecule has 3 nitrogen and oxygen atoms in total. The first-order chi connectivity index (χ1) is 11.0. The second-order valence-corrected chi connectivity index (χ2v) is 5.38. The highest BCUT2D eigenvalue weighted by Gasteiger charge is 2.05. The zero-order valence-electron chi connectivity index (χ0n) is 12.7. The minimum Gasteiger partial charge on any atom is -0.492 e. The second kappa shape index (κ2) is 8.34. The topological polar surface area (TPSA) is 29.5 Å². The van der Waals surface area contributed by atoms with Crippen LogP contribution in [0.25, 0.3) is 6.08 Å². The highest BCUT2D eigenvalue weighted by molar-refractivity contribution is 6.30. The highest BCUT2D eigenvalue weighted by atomic mass is 35.5. The number of amides is 1. The Morgan fingerprint density at radius 1 is 1.17 bits per heavy atom. The molecule has 0 radical (unpaired) electrons. The van der Waals surface area contributed by atoms with Crippen LogP contribution in [0.15, 0.2) is 54.6 Å². The first-order valence-electron chi connectivity index (χ1n) is 7.12. The second-order valence-electron chi connectivity index (χ2n) is 4.95. The van der Waals surface area contributed by atoms with Gasteiger partial charge >= 0.3 is 0 Å². The number of likely N-dealkylation sites (N-methyl/N-ethyl adjacent to an activating group) is 1. The SMILES string of the molecule is CN(CCOc1ccc(F)cc1)C(=O)/C=C/c1ccc(Cl)cc1. The molecular formula is C18H17ClFNO2. The van der Waals surface area contributed by atoms with Crippen LogP contribution >= 0.6 is 11.6 Å². The molecule has 0 bridgehead atoms. The Hall–Kier alpha value is -2.33. The molecule has 23 heavy (non-hydrogen) atoms. The van der Waals surface area contributed by atoms with Crippen molar-refractivity contribution in [3.05, 3.63) is 71.0 Å². The molecule has 0 aliphatic rings. The van der Waals surface area contributed by atoms with E-state index in [0.717, 1.165) is 5.56 Å². The van der Waals surface area contributed by atoms with Crippen molar-refractivity contribution in [2.24, 2.45) is 0 Å². The summed E-state index contributed by atoms with van der Waals surface area (Å²) in [7, 11) is 1.70. The molecule has 0 saturated heterocycles. The summed E-state index contributed by atoms with van der Waals surface area (Å²) in [5.41, 5.74) is 0.902. The van der Waals surface area contributed by atoms with E-state index in [1.807, 2.05) is 12.1 Å². The van der Waals surface area contributed by atoms with Gasteiger partial charge in [0.2, 0.25) is 5.91 Å². The van der Waals surface area contributed by atoms with E-state index in [-0.39, 0.29) is 11.7 Å². The van der Waals surface area contributed by atoms with Crippen LogP contribution in [-0.2, 0) is 4.79 Å². The number of halogens is 2. The molecular weight excluding hydrogens is 317 g/mol. The molecule has 2 aromatic carbocycles.